The lowest BCUT2D eigenvalue weighted by Gasteiger charge is -2.16. The zero-order valence-electron chi connectivity index (χ0n) is 4.97. The maximum absolute atomic E-state index is 12.0. The van der Waals surface area contributed by atoms with Crippen molar-refractivity contribution in [3.8, 4) is 0 Å². The fraction of sp³-hybridized carbons (Fsp3) is 1.00. The topological polar surface area (TPSA) is 46.2 Å². The van der Waals surface area contributed by atoms with Crippen LogP contribution in [-0.4, -0.2) is 23.7 Å². The third kappa shape index (κ3) is 4.57. The second kappa shape index (κ2) is 3.98. The fourth-order valence-corrected chi connectivity index (χ4v) is 0.178. The van der Waals surface area contributed by atoms with E-state index in [1.807, 2.05) is 0 Å². The number of nitrogens with two attached hydrogens (primary N) is 1. The normalized spacial score (nSPS) is 19.7. The Morgan fingerprint density at radius 2 is 2.11 bits per heavy atom. The van der Waals surface area contributed by atoms with Gasteiger partial charge in [-0.2, -0.15) is 0 Å². The summed E-state index contributed by atoms with van der Waals surface area (Å²) in [6.07, 6.45) is -1.98. The van der Waals surface area contributed by atoms with Crippen LogP contribution in [0.2, 0.25) is 0 Å². The smallest absolute Gasteiger partial charge is 0.189 e. The van der Waals surface area contributed by atoms with Crippen LogP contribution in [0.1, 0.15) is 6.92 Å². The molecule has 0 rings (SSSR count). The number of hydrogen-bond donors (Lipinski definition) is 2. The van der Waals surface area contributed by atoms with E-state index in [9.17, 15) is 8.78 Å². The van der Waals surface area contributed by atoms with Crippen LogP contribution in [0.4, 0.5) is 8.78 Å². The second-order valence-electron chi connectivity index (χ2n) is 1.80. The summed E-state index contributed by atoms with van der Waals surface area (Å²) < 4.78 is 23.9. The summed E-state index contributed by atoms with van der Waals surface area (Å²) in [7, 11) is 0. The monoisotopic (exact) mass is 161 g/mol. The van der Waals surface area contributed by atoms with Crippen LogP contribution in [0.3, 0.4) is 0 Å². The van der Waals surface area contributed by atoms with Crippen LogP contribution in [0, 0.1) is 0 Å². The maximum Gasteiger partial charge on any atom is 0.189 e. The van der Waals surface area contributed by atoms with Crippen molar-refractivity contribution in [1.82, 2.24) is 0 Å². The Bertz CT molecular complexity index is 75.5. The molecule has 2 nitrogen and oxygen atoms in total. The third-order valence-electron chi connectivity index (χ3n) is 0.773. The number of hydrogen-bond acceptors (Lipinski definition) is 2. The molecule has 0 spiro atoms. The first-order chi connectivity index (χ1) is 3.48. The molecule has 0 aromatic heterocycles. The standard InChI is InChI=1S/C4H9F2NO.ClH/c1-4(6,7)3(5)2-8;/h3,8H,2,7H2,1H3;1H. The summed E-state index contributed by atoms with van der Waals surface area (Å²) in [5.41, 5.74) is 4.59. The van der Waals surface area contributed by atoms with E-state index in [0.717, 1.165) is 6.92 Å². The van der Waals surface area contributed by atoms with Crippen LogP contribution >= 0.6 is 12.4 Å². The summed E-state index contributed by atoms with van der Waals surface area (Å²) in [4.78, 5) is 0. The quantitative estimate of drug-likeness (QED) is 0.576. The lowest BCUT2D eigenvalue weighted by atomic mass is 10.2. The largest absolute Gasteiger partial charge is 0.393 e. The maximum atomic E-state index is 12.0. The molecule has 0 aromatic rings. The summed E-state index contributed by atoms with van der Waals surface area (Å²) in [6, 6.07) is 0. The van der Waals surface area contributed by atoms with E-state index in [-0.39, 0.29) is 12.4 Å². The minimum absolute atomic E-state index is 0. The predicted octanol–water partition coefficient (Wildman–Crippen LogP) is 0.383. The van der Waals surface area contributed by atoms with Crippen molar-refractivity contribution in [2.75, 3.05) is 6.61 Å². The van der Waals surface area contributed by atoms with Crippen LogP contribution < -0.4 is 5.73 Å². The van der Waals surface area contributed by atoms with E-state index in [0.29, 0.717) is 0 Å². The summed E-state index contributed by atoms with van der Waals surface area (Å²) in [6.45, 7) is -0.00259. The van der Waals surface area contributed by atoms with Gasteiger partial charge in [-0.15, -0.1) is 12.4 Å². The molecule has 0 aromatic carbocycles. The SMILES string of the molecule is CC(N)(F)C(F)CO.Cl. The van der Waals surface area contributed by atoms with E-state index in [1.54, 1.807) is 0 Å². The second-order valence-corrected chi connectivity index (χ2v) is 1.80. The molecule has 0 amide bonds. The highest BCUT2D eigenvalue weighted by atomic mass is 35.5. The van der Waals surface area contributed by atoms with Crippen molar-refractivity contribution in [3.63, 3.8) is 0 Å². The number of rotatable bonds is 2. The average Bonchev–Trinajstić information content (AvgIpc) is 1.62. The van der Waals surface area contributed by atoms with Gasteiger partial charge in [-0.1, -0.05) is 0 Å². The number of halogens is 3. The first kappa shape index (κ1) is 11.8. The number of alkyl halides is 2. The minimum Gasteiger partial charge on any atom is -0.393 e. The van der Waals surface area contributed by atoms with Crippen molar-refractivity contribution < 1.29 is 13.9 Å². The minimum atomic E-state index is -2.41. The molecular weight excluding hydrogens is 151 g/mol. The average molecular weight is 162 g/mol. The van der Waals surface area contributed by atoms with Crippen molar-refractivity contribution >= 4 is 12.4 Å². The van der Waals surface area contributed by atoms with Gasteiger partial charge in [0, 0.05) is 0 Å². The van der Waals surface area contributed by atoms with Crippen LogP contribution in [0.15, 0.2) is 0 Å². The van der Waals surface area contributed by atoms with E-state index < -0.39 is 18.6 Å². The van der Waals surface area contributed by atoms with Crippen LogP contribution in [0.25, 0.3) is 0 Å². The van der Waals surface area contributed by atoms with Gasteiger partial charge in [0.25, 0.3) is 0 Å². The van der Waals surface area contributed by atoms with E-state index in [1.165, 1.54) is 0 Å². The zero-order valence-corrected chi connectivity index (χ0v) is 5.79. The molecule has 0 heterocycles. The number of aliphatic hydroxyl groups is 1. The van der Waals surface area contributed by atoms with Crippen molar-refractivity contribution in [2.24, 2.45) is 5.73 Å². The highest BCUT2D eigenvalue weighted by Crippen LogP contribution is 2.09. The Balaban J connectivity index is 0. The summed E-state index contributed by atoms with van der Waals surface area (Å²) in [5.74, 6) is -2.41. The highest BCUT2D eigenvalue weighted by molar-refractivity contribution is 5.85. The van der Waals surface area contributed by atoms with Crippen molar-refractivity contribution in [3.05, 3.63) is 0 Å². The Labute approximate surface area is 58.5 Å². The molecule has 2 atom stereocenters. The van der Waals surface area contributed by atoms with Gasteiger partial charge < -0.3 is 5.11 Å². The molecule has 0 saturated heterocycles. The molecule has 9 heavy (non-hydrogen) atoms. The highest BCUT2D eigenvalue weighted by Gasteiger charge is 2.28. The van der Waals surface area contributed by atoms with Gasteiger partial charge in [0.15, 0.2) is 12.0 Å². The van der Waals surface area contributed by atoms with Crippen molar-refractivity contribution in [1.29, 1.82) is 0 Å². The molecule has 0 aliphatic rings. The molecule has 0 aliphatic carbocycles. The van der Waals surface area contributed by atoms with E-state index in [2.05, 4.69) is 5.73 Å². The first-order valence-electron chi connectivity index (χ1n) is 2.21. The van der Waals surface area contributed by atoms with Gasteiger partial charge in [-0.25, -0.2) is 8.78 Å². The molecule has 0 radical (unpaired) electrons. The third-order valence-corrected chi connectivity index (χ3v) is 0.773. The summed E-state index contributed by atoms with van der Waals surface area (Å²) >= 11 is 0. The Kier molecular flexibility index (Phi) is 5.22. The van der Waals surface area contributed by atoms with Gasteiger partial charge in [-0.05, 0) is 6.92 Å². The predicted molar refractivity (Wildman–Crippen MR) is 32.9 cm³/mol. The zero-order chi connectivity index (χ0) is 6.78. The molecule has 2 unspecified atom stereocenters. The Morgan fingerprint density at radius 1 is 1.78 bits per heavy atom. The molecule has 3 N–H and O–H groups in total. The van der Waals surface area contributed by atoms with Crippen LogP contribution in [-0.2, 0) is 0 Å². The molecule has 0 aliphatic heterocycles. The van der Waals surface area contributed by atoms with Gasteiger partial charge in [-0.3, -0.25) is 5.73 Å². The molecular formula is C4H10ClF2NO. The lowest BCUT2D eigenvalue weighted by Crippen LogP contribution is -2.42. The summed E-state index contributed by atoms with van der Waals surface area (Å²) in [5, 5.41) is 7.98. The Hall–Kier alpha value is 0.0700. The van der Waals surface area contributed by atoms with Gasteiger partial charge in [0.05, 0.1) is 6.61 Å². The van der Waals surface area contributed by atoms with Gasteiger partial charge >= 0.3 is 0 Å². The lowest BCUT2D eigenvalue weighted by molar-refractivity contribution is 0.0318. The molecule has 0 saturated carbocycles. The van der Waals surface area contributed by atoms with E-state index in [4.69, 9.17) is 5.11 Å². The van der Waals surface area contributed by atoms with Crippen molar-refractivity contribution in [2.45, 2.75) is 18.9 Å². The first-order valence-corrected chi connectivity index (χ1v) is 2.21. The van der Waals surface area contributed by atoms with Crippen LogP contribution in [0.5, 0.6) is 0 Å². The molecule has 0 bridgehead atoms. The fourth-order valence-electron chi connectivity index (χ4n) is 0.178. The Morgan fingerprint density at radius 3 is 2.11 bits per heavy atom. The van der Waals surface area contributed by atoms with Gasteiger partial charge in [0.2, 0.25) is 0 Å². The number of aliphatic hydroxyl groups excluding tert-OH is 1. The molecule has 0 fully saturated rings. The molecule has 5 heteroatoms. The van der Waals surface area contributed by atoms with E-state index >= 15 is 0 Å². The molecule has 58 valence electrons. The van der Waals surface area contributed by atoms with Gasteiger partial charge in [0.1, 0.15) is 0 Å².